The van der Waals surface area contributed by atoms with Crippen LogP contribution in [-0.4, -0.2) is 20.7 Å². The molecule has 6 nitrogen and oxygen atoms in total. The number of nitrogens with one attached hydrogen (secondary N) is 1. The Morgan fingerprint density at radius 1 is 1.21 bits per heavy atom. The van der Waals surface area contributed by atoms with Crippen LogP contribution in [0.3, 0.4) is 0 Å². The number of hydrogen-bond donors (Lipinski definition) is 1. The molecule has 0 aliphatic rings. The molecule has 1 amide bonds. The normalized spacial score (nSPS) is 11.2. The molecule has 0 saturated carbocycles. The van der Waals surface area contributed by atoms with Gasteiger partial charge in [-0.3, -0.25) is 14.9 Å². The molecule has 0 spiro atoms. The molecule has 2 heterocycles. The Labute approximate surface area is 169 Å². The highest BCUT2D eigenvalue weighted by atomic mass is 35.5. The smallest absolute Gasteiger partial charge is 0.278 e. The molecule has 0 aliphatic carbocycles. The number of rotatable bonds is 5. The molecule has 4 rings (SSSR count). The highest BCUT2D eigenvalue weighted by molar-refractivity contribution is 7.22. The maximum Gasteiger partial charge on any atom is 0.278 e. The number of aryl methyl sites for hydroxylation is 1. The molecule has 0 saturated heterocycles. The van der Waals surface area contributed by atoms with Crippen LogP contribution in [-0.2, 0) is 6.54 Å². The summed E-state index contributed by atoms with van der Waals surface area (Å²) in [5.74, 6) is -0.397. The Hall–Kier alpha value is -2.77. The van der Waals surface area contributed by atoms with Crippen LogP contribution in [0, 0.1) is 0 Å². The first-order chi connectivity index (χ1) is 13.6. The van der Waals surface area contributed by atoms with Crippen molar-refractivity contribution in [3.63, 3.8) is 0 Å². The van der Waals surface area contributed by atoms with Crippen LogP contribution in [0.4, 0.5) is 5.13 Å². The minimum Gasteiger partial charge on any atom is -0.296 e. The van der Waals surface area contributed by atoms with E-state index >= 15 is 0 Å². The van der Waals surface area contributed by atoms with Gasteiger partial charge in [0.15, 0.2) is 10.8 Å². The van der Waals surface area contributed by atoms with E-state index in [1.807, 2.05) is 19.1 Å². The van der Waals surface area contributed by atoms with Crippen LogP contribution in [0.15, 0.2) is 47.3 Å². The number of carbonyl (C=O) groups is 1. The van der Waals surface area contributed by atoms with E-state index in [9.17, 15) is 9.59 Å². The van der Waals surface area contributed by atoms with Gasteiger partial charge >= 0.3 is 0 Å². The Kier molecular flexibility index (Phi) is 5.11. The molecule has 0 radical (unpaired) electrons. The molecule has 142 valence electrons. The summed E-state index contributed by atoms with van der Waals surface area (Å²) in [7, 11) is 0. The van der Waals surface area contributed by atoms with Gasteiger partial charge < -0.3 is 0 Å². The molecule has 0 bridgehead atoms. The number of amides is 1. The lowest BCUT2D eigenvalue weighted by Crippen LogP contribution is -2.27. The van der Waals surface area contributed by atoms with Gasteiger partial charge in [0.1, 0.15) is 0 Å². The van der Waals surface area contributed by atoms with Crippen molar-refractivity contribution in [3.8, 4) is 0 Å². The fourth-order valence-electron chi connectivity index (χ4n) is 2.97. The van der Waals surface area contributed by atoms with E-state index in [1.54, 1.807) is 30.3 Å². The molecule has 2 aromatic heterocycles. The number of nitrogens with zero attached hydrogens (tertiary/aromatic N) is 3. The SMILES string of the molecule is CCCCn1nc(C(=O)Nc2nc3ccc(Cl)cc3s2)c2ccccc2c1=O. The summed E-state index contributed by atoms with van der Waals surface area (Å²) >= 11 is 7.36. The summed E-state index contributed by atoms with van der Waals surface area (Å²) in [5, 5.41) is 9.24. The van der Waals surface area contributed by atoms with Crippen LogP contribution in [0.2, 0.25) is 5.02 Å². The number of halogens is 1. The molecule has 28 heavy (non-hydrogen) atoms. The van der Waals surface area contributed by atoms with E-state index in [0.29, 0.717) is 27.5 Å². The van der Waals surface area contributed by atoms with Gasteiger partial charge in [-0.25, -0.2) is 9.67 Å². The van der Waals surface area contributed by atoms with Gasteiger partial charge in [-0.15, -0.1) is 0 Å². The highest BCUT2D eigenvalue weighted by Gasteiger charge is 2.18. The van der Waals surface area contributed by atoms with Gasteiger partial charge in [-0.2, -0.15) is 5.10 Å². The number of unbranched alkanes of at least 4 members (excludes halogenated alkanes) is 1. The lowest BCUT2D eigenvalue weighted by atomic mass is 10.1. The quantitative estimate of drug-likeness (QED) is 0.514. The van der Waals surface area contributed by atoms with Crippen molar-refractivity contribution in [1.29, 1.82) is 0 Å². The fourth-order valence-corrected chi connectivity index (χ4v) is 4.11. The number of carbonyl (C=O) groups excluding carboxylic acids is 1. The summed E-state index contributed by atoms with van der Waals surface area (Å²) in [6.45, 7) is 2.51. The predicted molar refractivity (Wildman–Crippen MR) is 113 cm³/mol. The van der Waals surface area contributed by atoms with E-state index in [4.69, 9.17) is 11.6 Å². The van der Waals surface area contributed by atoms with Gasteiger partial charge in [0, 0.05) is 17.0 Å². The first-order valence-corrected chi connectivity index (χ1v) is 10.1. The van der Waals surface area contributed by atoms with E-state index in [2.05, 4.69) is 15.4 Å². The minimum absolute atomic E-state index is 0.185. The van der Waals surface area contributed by atoms with Crippen LogP contribution < -0.4 is 10.9 Å². The van der Waals surface area contributed by atoms with Crippen molar-refractivity contribution in [3.05, 3.63) is 63.5 Å². The number of anilines is 1. The number of hydrogen-bond acceptors (Lipinski definition) is 5. The summed E-state index contributed by atoms with van der Waals surface area (Å²) in [6.07, 6.45) is 1.74. The Morgan fingerprint density at radius 3 is 2.79 bits per heavy atom. The number of aromatic nitrogens is 3. The zero-order valence-corrected chi connectivity index (χ0v) is 16.7. The molecule has 0 atom stereocenters. The van der Waals surface area contributed by atoms with Gasteiger partial charge in [-0.05, 0) is 30.7 Å². The van der Waals surface area contributed by atoms with Crippen LogP contribution >= 0.6 is 22.9 Å². The average molecular weight is 413 g/mol. The fraction of sp³-hybridized carbons (Fsp3) is 0.200. The lowest BCUT2D eigenvalue weighted by molar-refractivity contribution is 0.102. The summed E-state index contributed by atoms with van der Waals surface area (Å²) in [6, 6.07) is 12.4. The topological polar surface area (TPSA) is 76.9 Å². The van der Waals surface area contributed by atoms with Gasteiger partial charge in [-0.1, -0.05) is 54.5 Å². The molecule has 1 N–H and O–H groups in total. The van der Waals surface area contributed by atoms with Crippen molar-refractivity contribution < 1.29 is 4.79 Å². The standard InChI is InChI=1S/C20H17ClN4O2S/c1-2-3-10-25-19(27)14-7-5-4-6-13(14)17(24-25)18(26)23-20-22-15-9-8-12(21)11-16(15)28-20/h4-9,11H,2-3,10H2,1H3,(H,22,23,26). The Balaban J connectivity index is 1.75. The van der Waals surface area contributed by atoms with Crippen molar-refractivity contribution in [2.45, 2.75) is 26.3 Å². The van der Waals surface area contributed by atoms with E-state index in [1.165, 1.54) is 16.0 Å². The van der Waals surface area contributed by atoms with E-state index in [-0.39, 0.29) is 11.3 Å². The first-order valence-electron chi connectivity index (χ1n) is 8.94. The molecule has 2 aromatic carbocycles. The summed E-state index contributed by atoms with van der Waals surface area (Å²) in [4.78, 5) is 30.0. The van der Waals surface area contributed by atoms with Crippen molar-refractivity contribution >= 4 is 55.0 Å². The molecular formula is C20H17ClN4O2S. The van der Waals surface area contributed by atoms with Crippen LogP contribution in [0.25, 0.3) is 21.0 Å². The van der Waals surface area contributed by atoms with Crippen molar-refractivity contribution in [2.24, 2.45) is 0 Å². The van der Waals surface area contributed by atoms with Crippen molar-refractivity contribution in [2.75, 3.05) is 5.32 Å². The second kappa shape index (κ2) is 7.69. The first kappa shape index (κ1) is 18.6. The Morgan fingerprint density at radius 2 is 2.00 bits per heavy atom. The highest BCUT2D eigenvalue weighted by Crippen LogP contribution is 2.28. The largest absolute Gasteiger partial charge is 0.296 e. The maximum atomic E-state index is 13.0. The van der Waals surface area contributed by atoms with Crippen LogP contribution in [0.1, 0.15) is 30.3 Å². The lowest BCUT2D eigenvalue weighted by Gasteiger charge is -2.10. The second-order valence-electron chi connectivity index (χ2n) is 6.36. The van der Waals surface area contributed by atoms with Gasteiger partial charge in [0.05, 0.1) is 15.6 Å². The molecule has 0 fully saturated rings. The number of thiazole rings is 1. The van der Waals surface area contributed by atoms with Gasteiger partial charge in [0.25, 0.3) is 11.5 Å². The third kappa shape index (κ3) is 3.50. The molecule has 8 heteroatoms. The number of fused-ring (bicyclic) bond motifs is 2. The zero-order valence-electron chi connectivity index (χ0n) is 15.1. The molecule has 0 unspecified atom stereocenters. The third-order valence-corrected chi connectivity index (χ3v) is 5.55. The molecule has 4 aromatic rings. The van der Waals surface area contributed by atoms with Crippen LogP contribution in [0.5, 0.6) is 0 Å². The van der Waals surface area contributed by atoms with Gasteiger partial charge in [0.2, 0.25) is 0 Å². The molecular weight excluding hydrogens is 396 g/mol. The molecule has 0 aliphatic heterocycles. The summed E-state index contributed by atoms with van der Waals surface area (Å²) in [5.41, 5.74) is 0.786. The monoisotopic (exact) mass is 412 g/mol. The summed E-state index contributed by atoms with van der Waals surface area (Å²) < 4.78 is 2.26. The minimum atomic E-state index is -0.397. The second-order valence-corrected chi connectivity index (χ2v) is 7.83. The van der Waals surface area contributed by atoms with Crippen molar-refractivity contribution in [1.82, 2.24) is 14.8 Å². The zero-order chi connectivity index (χ0) is 19.7. The third-order valence-electron chi connectivity index (χ3n) is 4.38. The number of benzene rings is 2. The van der Waals surface area contributed by atoms with E-state index in [0.717, 1.165) is 23.1 Å². The predicted octanol–water partition coefficient (Wildman–Crippen LogP) is 4.71. The average Bonchev–Trinajstić information content (AvgIpc) is 3.08. The Bertz CT molecular complexity index is 1250. The van der Waals surface area contributed by atoms with E-state index < -0.39 is 5.91 Å². The maximum absolute atomic E-state index is 13.0.